The third kappa shape index (κ3) is 3.69. The third-order valence-electron chi connectivity index (χ3n) is 5.05. The molecule has 27 heavy (non-hydrogen) atoms. The molecule has 4 rings (SSSR count). The van der Waals surface area contributed by atoms with Crippen molar-refractivity contribution >= 4 is 5.91 Å². The minimum Gasteiger partial charge on any atom is -0.497 e. The van der Waals surface area contributed by atoms with Crippen molar-refractivity contribution in [3.8, 4) is 16.9 Å². The van der Waals surface area contributed by atoms with Gasteiger partial charge in [-0.1, -0.05) is 24.3 Å². The van der Waals surface area contributed by atoms with Gasteiger partial charge < -0.3 is 9.64 Å². The summed E-state index contributed by atoms with van der Waals surface area (Å²) in [5.74, 6) is 0.904. The Bertz CT molecular complexity index is 898. The van der Waals surface area contributed by atoms with Crippen molar-refractivity contribution in [3.05, 3.63) is 66.5 Å². The number of nitrogens with zero attached hydrogens (tertiary/aromatic N) is 4. The maximum absolute atomic E-state index is 12.8. The molecule has 0 N–H and O–H groups in total. The highest BCUT2D eigenvalue weighted by Gasteiger charge is 2.25. The molecule has 0 aliphatic carbocycles. The molecule has 2 heterocycles. The minimum atomic E-state index is 0.0825. The Morgan fingerprint density at radius 2 is 1.70 bits per heavy atom. The number of ether oxygens (including phenoxy) is 1. The number of piperidine rings is 1. The first-order valence-corrected chi connectivity index (χ1v) is 9.14. The molecule has 0 unspecified atom stereocenters. The Kier molecular flexibility index (Phi) is 4.87. The van der Waals surface area contributed by atoms with Gasteiger partial charge in [0.05, 0.1) is 25.5 Å². The Morgan fingerprint density at radius 3 is 2.37 bits per heavy atom. The second kappa shape index (κ2) is 7.61. The molecule has 2 aromatic carbocycles. The first-order valence-electron chi connectivity index (χ1n) is 9.14. The Balaban J connectivity index is 1.42. The molecule has 1 amide bonds. The first-order chi connectivity index (χ1) is 13.2. The van der Waals surface area contributed by atoms with E-state index in [2.05, 4.69) is 10.2 Å². The van der Waals surface area contributed by atoms with Gasteiger partial charge in [0.25, 0.3) is 5.91 Å². The van der Waals surface area contributed by atoms with Crippen LogP contribution >= 0.6 is 0 Å². The van der Waals surface area contributed by atoms with Crippen molar-refractivity contribution in [2.45, 2.75) is 18.9 Å². The van der Waals surface area contributed by atoms with E-state index in [1.807, 2.05) is 53.4 Å². The molecular weight excluding hydrogens is 340 g/mol. The van der Waals surface area contributed by atoms with E-state index in [1.54, 1.807) is 24.3 Å². The van der Waals surface area contributed by atoms with E-state index in [4.69, 9.17) is 4.74 Å². The number of rotatable bonds is 4. The molecule has 3 aromatic rings. The van der Waals surface area contributed by atoms with Gasteiger partial charge in [0.2, 0.25) is 0 Å². The lowest BCUT2D eigenvalue weighted by molar-refractivity contribution is 0.0684. The van der Waals surface area contributed by atoms with Gasteiger partial charge in [0, 0.05) is 18.7 Å². The molecule has 138 valence electrons. The van der Waals surface area contributed by atoms with Crippen molar-refractivity contribution in [2.75, 3.05) is 20.2 Å². The van der Waals surface area contributed by atoms with Gasteiger partial charge in [0.1, 0.15) is 5.75 Å². The van der Waals surface area contributed by atoms with E-state index >= 15 is 0 Å². The molecule has 1 aromatic heterocycles. The highest BCUT2D eigenvalue weighted by Crippen LogP contribution is 2.25. The molecule has 1 fully saturated rings. The Hall–Kier alpha value is -3.15. The molecule has 1 aliphatic heterocycles. The van der Waals surface area contributed by atoms with Crippen LogP contribution in [0.15, 0.2) is 60.9 Å². The summed E-state index contributed by atoms with van der Waals surface area (Å²) in [6.45, 7) is 1.45. The highest BCUT2D eigenvalue weighted by molar-refractivity contribution is 5.94. The molecule has 0 bridgehead atoms. The van der Waals surface area contributed by atoms with E-state index in [1.165, 1.54) is 0 Å². The zero-order valence-electron chi connectivity index (χ0n) is 15.3. The van der Waals surface area contributed by atoms with Crippen LogP contribution in [0.4, 0.5) is 0 Å². The van der Waals surface area contributed by atoms with Gasteiger partial charge in [-0.25, -0.2) is 0 Å². The van der Waals surface area contributed by atoms with Gasteiger partial charge in [-0.15, -0.1) is 0 Å². The van der Waals surface area contributed by atoms with Crippen molar-refractivity contribution in [2.24, 2.45) is 0 Å². The van der Waals surface area contributed by atoms with Crippen LogP contribution in [0, 0.1) is 0 Å². The normalized spacial score (nSPS) is 14.9. The average Bonchev–Trinajstić information content (AvgIpc) is 3.28. The van der Waals surface area contributed by atoms with Crippen LogP contribution in [0.2, 0.25) is 0 Å². The summed E-state index contributed by atoms with van der Waals surface area (Å²) in [5, 5.41) is 8.42. The van der Waals surface area contributed by atoms with E-state index in [0.717, 1.165) is 48.4 Å². The van der Waals surface area contributed by atoms with Crippen LogP contribution in [0.3, 0.4) is 0 Å². The van der Waals surface area contributed by atoms with Crippen LogP contribution in [-0.2, 0) is 0 Å². The number of carbonyl (C=O) groups is 1. The summed E-state index contributed by atoms with van der Waals surface area (Å²) in [5.41, 5.74) is 2.85. The molecule has 1 aliphatic rings. The fraction of sp³-hybridized carbons (Fsp3) is 0.286. The second-order valence-electron chi connectivity index (χ2n) is 6.68. The van der Waals surface area contributed by atoms with E-state index < -0.39 is 0 Å². The SMILES string of the molecule is COc1cccc(-c2ccc(C(=O)N3CCC(n4nccn4)CC3)cc2)c1. The smallest absolute Gasteiger partial charge is 0.253 e. The number of hydrogen-bond acceptors (Lipinski definition) is 4. The van der Waals surface area contributed by atoms with Gasteiger partial charge in [-0.3, -0.25) is 4.79 Å². The lowest BCUT2D eigenvalue weighted by Gasteiger charge is -2.31. The zero-order valence-corrected chi connectivity index (χ0v) is 15.3. The van der Waals surface area contributed by atoms with Gasteiger partial charge in [-0.05, 0) is 48.2 Å². The number of aromatic nitrogens is 3. The van der Waals surface area contributed by atoms with E-state index in [0.29, 0.717) is 0 Å². The third-order valence-corrected chi connectivity index (χ3v) is 5.05. The van der Waals surface area contributed by atoms with Crippen LogP contribution in [-0.4, -0.2) is 46.0 Å². The van der Waals surface area contributed by atoms with Crippen LogP contribution in [0.1, 0.15) is 29.2 Å². The molecule has 0 saturated carbocycles. The molecule has 0 spiro atoms. The second-order valence-corrected chi connectivity index (χ2v) is 6.68. The van der Waals surface area contributed by atoms with Crippen molar-refractivity contribution in [1.82, 2.24) is 19.9 Å². The number of carbonyl (C=O) groups excluding carboxylic acids is 1. The lowest BCUT2D eigenvalue weighted by atomic mass is 10.0. The monoisotopic (exact) mass is 362 g/mol. The average molecular weight is 362 g/mol. The number of hydrogen-bond donors (Lipinski definition) is 0. The topological polar surface area (TPSA) is 60.2 Å². The summed E-state index contributed by atoms with van der Waals surface area (Å²) in [7, 11) is 1.66. The maximum Gasteiger partial charge on any atom is 0.253 e. The Morgan fingerprint density at radius 1 is 1.00 bits per heavy atom. The first kappa shape index (κ1) is 17.3. The molecule has 1 saturated heterocycles. The van der Waals surface area contributed by atoms with Crippen LogP contribution in [0.5, 0.6) is 5.75 Å². The number of methoxy groups -OCH3 is 1. The van der Waals surface area contributed by atoms with Crippen LogP contribution in [0.25, 0.3) is 11.1 Å². The number of benzene rings is 2. The fourth-order valence-electron chi connectivity index (χ4n) is 3.50. The van der Waals surface area contributed by atoms with Gasteiger partial charge in [-0.2, -0.15) is 15.0 Å². The number of likely N-dealkylation sites (tertiary alicyclic amines) is 1. The minimum absolute atomic E-state index is 0.0825. The fourth-order valence-corrected chi connectivity index (χ4v) is 3.50. The van der Waals surface area contributed by atoms with Gasteiger partial charge >= 0.3 is 0 Å². The van der Waals surface area contributed by atoms with Crippen molar-refractivity contribution in [3.63, 3.8) is 0 Å². The standard InChI is InChI=1S/C21H22N4O2/c1-27-20-4-2-3-18(15-20)16-5-7-17(8-6-16)21(26)24-13-9-19(10-14-24)25-22-11-12-23-25/h2-8,11-12,15,19H,9-10,13-14H2,1H3. The van der Waals surface area contributed by atoms with Crippen molar-refractivity contribution < 1.29 is 9.53 Å². The quantitative estimate of drug-likeness (QED) is 0.713. The molecule has 0 atom stereocenters. The predicted molar refractivity (Wildman–Crippen MR) is 103 cm³/mol. The number of amides is 1. The Labute approximate surface area is 158 Å². The van der Waals surface area contributed by atoms with Crippen molar-refractivity contribution in [1.29, 1.82) is 0 Å². The maximum atomic E-state index is 12.8. The van der Waals surface area contributed by atoms with E-state index in [9.17, 15) is 4.79 Å². The van der Waals surface area contributed by atoms with E-state index in [-0.39, 0.29) is 11.9 Å². The lowest BCUT2D eigenvalue weighted by Crippen LogP contribution is -2.39. The summed E-state index contributed by atoms with van der Waals surface area (Å²) in [6, 6.07) is 16.0. The largest absolute Gasteiger partial charge is 0.497 e. The highest BCUT2D eigenvalue weighted by atomic mass is 16.5. The zero-order chi connectivity index (χ0) is 18.6. The molecular formula is C21H22N4O2. The molecule has 6 heteroatoms. The predicted octanol–water partition coefficient (Wildman–Crippen LogP) is 3.43. The summed E-state index contributed by atoms with van der Waals surface area (Å²) in [4.78, 5) is 16.5. The molecule has 0 radical (unpaired) electrons. The van der Waals surface area contributed by atoms with Gasteiger partial charge in [0.15, 0.2) is 0 Å². The van der Waals surface area contributed by atoms with Crippen LogP contribution < -0.4 is 4.74 Å². The summed E-state index contributed by atoms with van der Waals surface area (Å²) < 4.78 is 5.28. The summed E-state index contributed by atoms with van der Waals surface area (Å²) >= 11 is 0. The summed E-state index contributed by atoms with van der Waals surface area (Å²) in [6.07, 6.45) is 5.15. The molecule has 6 nitrogen and oxygen atoms in total.